The lowest BCUT2D eigenvalue weighted by molar-refractivity contribution is 0.102. The van der Waals surface area contributed by atoms with Gasteiger partial charge in [-0.15, -0.1) is 0 Å². The third kappa shape index (κ3) is 3.19. The van der Waals surface area contributed by atoms with E-state index in [-0.39, 0.29) is 5.91 Å². The molecule has 1 heterocycles. The summed E-state index contributed by atoms with van der Waals surface area (Å²) in [6.45, 7) is 0. The summed E-state index contributed by atoms with van der Waals surface area (Å²) < 4.78 is 0. The van der Waals surface area contributed by atoms with E-state index in [1.165, 1.54) is 6.20 Å². The number of nitrogens with two attached hydrogens (primary N) is 1. The van der Waals surface area contributed by atoms with Crippen LogP contribution in [0.2, 0.25) is 5.02 Å². The van der Waals surface area contributed by atoms with E-state index in [9.17, 15) is 4.79 Å². The summed E-state index contributed by atoms with van der Waals surface area (Å²) in [5, 5.41) is 3.20. The molecule has 1 aromatic carbocycles. The van der Waals surface area contributed by atoms with Gasteiger partial charge in [0.2, 0.25) is 0 Å². The molecule has 0 bridgehead atoms. The smallest absolute Gasteiger partial charge is 0.256 e. The third-order valence-corrected chi connectivity index (χ3v) is 2.96. The van der Waals surface area contributed by atoms with Gasteiger partial charge in [0.1, 0.15) is 5.82 Å². The van der Waals surface area contributed by atoms with Gasteiger partial charge in [0.25, 0.3) is 5.91 Å². The number of rotatable bonds is 3. The Labute approximate surface area is 122 Å². The van der Waals surface area contributed by atoms with Crippen LogP contribution in [0, 0.1) is 0 Å². The molecule has 5 nitrogen and oxygen atoms in total. The van der Waals surface area contributed by atoms with Crippen LogP contribution in [0.4, 0.5) is 17.2 Å². The molecule has 0 spiro atoms. The second-order valence-electron chi connectivity index (χ2n) is 4.48. The molecule has 0 saturated heterocycles. The maximum absolute atomic E-state index is 12.1. The van der Waals surface area contributed by atoms with Gasteiger partial charge < -0.3 is 16.0 Å². The molecule has 0 unspecified atom stereocenters. The average molecular weight is 291 g/mol. The van der Waals surface area contributed by atoms with Crippen LogP contribution in [0.25, 0.3) is 0 Å². The van der Waals surface area contributed by atoms with Gasteiger partial charge in [0, 0.05) is 25.9 Å². The molecule has 0 aliphatic heterocycles. The summed E-state index contributed by atoms with van der Waals surface area (Å²) >= 11 is 5.74. The Morgan fingerprint density at radius 3 is 2.60 bits per heavy atom. The maximum Gasteiger partial charge on any atom is 0.256 e. The number of carbonyl (C=O) groups is 1. The minimum Gasteiger partial charge on any atom is -0.397 e. The lowest BCUT2D eigenvalue weighted by Gasteiger charge is -2.15. The molecule has 6 heteroatoms. The number of hydrogen-bond donors (Lipinski definition) is 2. The van der Waals surface area contributed by atoms with Crippen molar-refractivity contribution in [1.82, 2.24) is 4.98 Å². The van der Waals surface area contributed by atoms with Crippen molar-refractivity contribution in [2.45, 2.75) is 0 Å². The minimum atomic E-state index is -0.267. The van der Waals surface area contributed by atoms with Gasteiger partial charge in [-0.1, -0.05) is 11.6 Å². The highest BCUT2D eigenvalue weighted by Gasteiger charge is 2.10. The lowest BCUT2D eigenvalue weighted by atomic mass is 10.1. The van der Waals surface area contributed by atoms with E-state index in [0.29, 0.717) is 22.1 Å². The SMILES string of the molecule is CN(C)c1ccc(C(=O)Nc2ccc(Cl)cn2)cc1N. The zero-order valence-corrected chi connectivity index (χ0v) is 12.0. The van der Waals surface area contributed by atoms with Crippen LogP contribution < -0.4 is 16.0 Å². The summed E-state index contributed by atoms with van der Waals surface area (Å²) in [5.74, 6) is 0.173. The number of anilines is 3. The van der Waals surface area contributed by atoms with Crippen molar-refractivity contribution >= 4 is 34.7 Å². The van der Waals surface area contributed by atoms with Crippen molar-refractivity contribution in [2.75, 3.05) is 30.0 Å². The van der Waals surface area contributed by atoms with E-state index >= 15 is 0 Å². The quantitative estimate of drug-likeness (QED) is 0.853. The zero-order valence-electron chi connectivity index (χ0n) is 11.2. The van der Waals surface area contributed by atoms with Crippen LogP contribution in [0.15, 0.2) is 36.5 Å². The number of nitrogens with one attached hydrogen (secondary N) is 1. The topological polar surface area (TPSA) is 71.2 Å². The number of carbonyl (C=O) groups excluding carboxylic acids is 1. The summed E-state index contributed by atoms with van der Waals surface area (Å²) in [6, 6.07) is 8.46. The molecule has 0 fully saturated rings. The second kappa shape index (κ2) is 5.79. The van der Waals surface area contributed by atoms with E-state index in [1.54, 1.807) is 30.3 Å². The Hall–Kier alpha value is -2.27. The highest BCUT2D eigenvalue weighted by Crippen LogP contribution is 2.22. The fourth-order valence-corrected chi connectivity index (χ4v) is 1.85. The first-order valence-electron chi connectivity index (χ1n) is 5.97. The van der Waals surface area contributed by atoms with Crippen LogP contribution >= 0.6 is 11.6 Å². The molecule has 1 aromatic heterocycles. The fourth-order valence-electron chi connectivity index (χ4n) is 1.74. The number of nitrogens with zero attached hydrogens (tertiary/aromatic N) is 2. The van der Waals surface area contributed by atoms with Crippen LogP contribution in [0.1, 0.15) is 10.4 Å². The van der Waals surface area contributed by atoms with Crippen molar-refractivity contribution < 1.29 is 4.79 Å². The Kier molecular flexibility index (Phi) is 4.10. The first-order chi connectivity index (χ1) is 9.47. The second-order valence-corrected chi connectivity index (χ2v) is 4.92. The number of benzene rings is 1. The molecule has 2 aromatic rings. The molecule has 104 valence electrons. The summed E-state index contributed by atoms with van der Waals surface area (Å²) in [7, 11) is 3.78. The van der Waals surface area contributed by atoms with E-state index in [2.05, 4.69) is 10.3 Å². The highest BCUT2D eigenvalue weighted by molar-refractivity contribution is 6.30. The first kappa shape index (κ1) is 14.1. The average Bonchev–Trinajstić information content (AvgIpc) is 2.40. The fraction of sp³-hybridized carbons (Fsp3) is 0.143. The molecule has 0 atom stereocenters. The van der Waals surface area contributed by atoms with Crippen LogP contribution in [-0.4, -0.2) is 25.0 Å². The standard InChI is InChI=1S/C14H15ClN4O/c1-19(2)12-5-3-9(7-11(12)16)14(20)18-13-6-4-10(15)8-17-13/h3-8H,16H2,1-2H3,(H,17,18,20). The Balaban J connectivity index is 2.17. The van der Waals surface area contributed by atoms with Crippen molar-refractivity contribution in [2.24, 2.45) is 0 Å². The first-order valence-corrected chi connectivity index (χ1v) is 6.35. The lowest BCUT2D eigenvalue weighted by Crippen LogP contribution is -2.15. The molecule has 20 heavy (non-hydrogen) atoms. The number of aromatic nitrogens is 1. The number of pyridine rings is 1. The predicted octanol–water partition coefficient (Wildman–Crippen LogP) is 2.64. The summed E-state index contributed by atoms with van der Waals surface area (Å²) in [5.41, 5.74) is 7.81. The van der Waals surface area contributed by atoms with E-state index in [0.717, 1.165) is 5.69 Å². The molecular weight excluding hydrogens is 276 g/mol. The molecule has 0 aliphatic rings. The zero-order chi connectivity index (χ0) is 14.7. The number of nitrogen functional groups attached to an aromatic ring is 1. The van der Waals surface area contributed by atoms with Gasteiger partial charge in [-0.05, 0) is 30.3 Å². The van der Waals surface area contributed by atoms with Gasteiger partial charge in [-0.2, -0.15) is 0 Å². The number of hydrogen-bond acceptors (Lipinski definition) is 4. The summed E-state index contributed by atoms with van der Waals surface area (Å²) in [6.07, 6.45) is 1.47. The van der Waals surface area contributed by atoms with Crippen molar-refractivity contribution in [1.29, 1.82) is 0 Å². The van der Waals surface area contributed by atoms with E-state index < -0.39 is 0 Å². The maximum atomic E-state index is 12.1. The van der Waals surface area contributed by atoms with Gasteiger partial charge in [-0.25, -0.2) is 4.98 Å². The largest absolute Gasteiger partial charge is 0.397 e. The van der Waals surface area contributed by atoms with Crippen LogP contribution in [-0.2, 0) is 0 Å². The predicted molar refractivity (Wildman–Crippen MR) is 82.4 cm³/mol. The Bertz CT molecular complexity index is 626. The van der Waals surface area contributed by atoms with Crippen LogP contribution in [0.3, 0.4) is 0 Å². The van der Waals surface area contributed by atoms with E-state index in [4.69, 9.17) is 17.3 Å². The molecular formula is C14H15ClN4O. The van der Waals surface area contributed by atoms with Crippen LogP contribution in [0.5, 0.6) is 0 Å². The van der Waals surface area contributed by atoms with Gasteiger partial charge in [0.05, 0.1) is 16.4 Å². The molecule has 0 aliphatic carbocycles. The van der Waals surface area contributed by atoms with Crippen molar-refractivity contribution in [3.8, 4) is 0 Å². The van der Waals surface area contributed by atoms with E-state index in [1.807, 2.05) is 19.0 Å². The molecule has 0 radical (unpaired) electrons. The number of amides is 1. The molecule has 1 amide bonds. The molecule has 0 saturated carbocycles. The normalized spacial score (nSPS) is 10.2. The van der Waals surface area contributed by atoms with Gasteiger partial charge >= 0.3 is 0 Å². The highest BCUT2D eigenvalue weighted by atomic mass is 35.5. The third-order valence-electron chi connectivity index (χ3n) is 2.74. The molecule has 2 rings (SSSR count). The van der Waals surface area contributed by atoms with Crippen molar-refractivity contribution in [3.63, 3.8) is 0 Å². The minimum absolute atomic E-state index is 0.267. The number of halogens is 1. The van der Waals surface area contributed by atoms with Gasteiger partial charge in [-0.3, -0.25) is 4.79 Å². The molecule has 3 N–H and O–H groups in total. The Morgan fingerprint density at radius 1 is 1.30 bits per heavy atom. The summed E-state index contributed by atoms with van der Waals surface area (Å²) in [4.78, 5) is 18.0. The van der Waals surface area contributed by atoms with Gasteiger partial charge in [0.15, 0.2) is 0 Å². The van der Waals surface area contributed by atoms with Crippen molar-refractivity contribution in [3.05, 3.63) is 47.1 Å². The Morgan fingerprint density at radius 2 is 2.05 bits per heavy atom. The monoisotopic (exact) mass is 290 g/mol.